The molecule has 1 heterocycles. The van der Waals surface area contributed by atoms with Gasteiger partial charge in [0.2, 0.25) is 0 Å². The number of aliphatic carboxylic acids is 1. The first kappa shape index (κ1) is 21.7. The highest BCUT2D eigenvalue weighted by molar-refractivity contribution is 5.73. The third-order valence-corrected chi connectivity index (χ3v) is 4.34. The number of nitrogens with one attached hydrogen (secondary N) is 1. The Hall–Kier alpha value is -2.61. The van der Waals surface area contributed by atoms with Crippen LogP contribution in [0.3, 0.4) is 0 Å². The summed E-state index contributed by atoms with van der Waals surface area (Å²) in [6, 6.07) is 13.7. The molecule has 1 aliphatic heterocycles. The van der Waals surface area contributed by atoms with E-state index in [-0.39, 0.29) is 6.04 Å². The van der Waals surface area contributed by atoms with Gasteiger partial charge in [-0.3, -0.25) is 0 Å². The lowest BCUT2D eigenvalue weighted by Gasteiger charge is -2.31. The topological polar surface area (TPSA) is 108 Å². The molecule has 0 aliphatic carbocycles. The zero-order valence-corrected chi connectivity index (χ0v) is 16.0. The number of carboxylic acid groups (broad SMARTS) is 1. The zero-order chi connectivity index (χ0) is 20.5. The Morgan fingerprint density at radius 1 is 1.29 bits per heavy atom. The Balaban J connectivity index is 0.000000221. The fourth-order valence-corrected chi connectivity index (χ4v) is 2.78. The minimum absolute atomic E-state index is 0.0467. The summed E-state index contributed by atoms with van der Waals surface area (Å²) in [6.07, 6.45) is -0.912. The van der Waals surface area contributed by atoms with E-state index in [9.17, 15) is 9.90 Å². The molecule has 2 aromatic rings. The van der Waals surface area contributed by atoms with Crippen molar-refractivity contribution in [2.24, 2.45) is 0 Å². The third-order valence-electron chi connectivity index (χ3n) is 4.34. The first-order valence-electron chi connectivity index (χ1n) is 9.15. The van der Waals surface area contributed by atoms with Crippen molar-refractivity contribution in [3.63, 3.8) is 0 Å². The maximum Gasteiger partial charge on any atom is 0.337 e. The summed E-state index contributed by atoms with van der Waals surface area (Å²) in [5.74, 6) is 0.256. The third kappa shape index (κ3) is 5.69. The SMILES string of the molecule is CCCN[C@@H]1COc2ccc(OC)cc2[C@H]1O.O=C(O)C(O)c1ccccc1. The largest absolute Gasteiger partial charge is 0.497 e. The molecule has 2 aromatic carbocycles. The number of ether oxygens (including phenoxy) is 2. The smallest absolute Gasteiger partial charge is 0.337 e. The molecule has 152 valence electrons. The van der Waals surface area contributed by atoms with Crippen LogP contribution in [-0.4, -0.2) is 47.6 Å². The molecule has 0 fully saturated rings. The molecule has 4 N–H and O–H groups in total. The van der Waals surface area contributed by atoms with Gasteiger partial charge in [0.25, 0.3) is 0 Å². The number of benzene rings is 2. The lowest BCUT2D eigenvalue weighted by atomic mass is 9.99. The number of hydrogen-bond acceptors (Lipinski definition) is 6. The van der Waals surface area contributed by atoms with E-state index < -0.39 is 18.2 Å². The van der Waals surface area contributed by atoms with Crippen molar-refractivity contribution in [1.29, 1.82) is 0 Å². The summed E-state index contributed by atoms with van der Waals surface area (Å²) >= 11 is 0. The lowest BCUT2D eigenvalue weighted by Crippen LogP contribution is -2.42. The predicted molar refractivity (Wildman–Crippen MR) is 105 cm³/mol. The number of hydrogen-bond donors (Lipinski definition) is 4. The molecule has 3 rings (SSSR count). The molecule has 28 heavy (non-hydrogen) atoms. The van der Waals surface area contributed by atoms with E-state index in [0.29, 0.717) is 12.2 Å². The molecule has 0 bridgehead atoms. The van der Waals surface area contributed by atoms with Crippen LogP contribution in [0, 0.1) is 0 Å². The minimum atomic E-state index is -1.41. The molecule has 0 saturated heterocycles. The molecule has 1 unspecified atom stereocenters. The summed E-state index contributed by atoms with van der Waals surface area (Å²) in [4.78, 5) is 10.2. The van der Waals surface area contributed by atoms with Gasteiger partial charge in [-0.25, -0.2) is 4.79 Å². The van der Waals surface area contributed by atoms with E-state index in [1.165, 1.54) is 0 Å². The second-order valence-electron chi connectivity index (χ2n) is 6.37. The van der Waals surface area contributed by atoms with Gasteiger partial charge < -0.3 is 30.1 Å². The Morgan fingerprint density at radius 2 is 2.00 bits per heavy atom. The number of fused-ring (bicyclic) bond motifs is 1. The van der Waals surface area contributed by atoms with Crippen LogP contribution in [0.2, 0.25) is 0 Å². The summed E-state index contributed by atoms with van der Waals surface area (Å²) in [5.41, 5.74) is 1.20. The van der Waals surface area contributed by atoms with E-state index in [1.807, 2.05) is 18.2 Å². The molecule has 0 radical (unpaired) electrons. The predicted octanol–water partition coefficient (Wildman–Crippen LogP) is 2.29. The van der Waals surface area contributed by atoms with E-state index >= 15 is 0 Å². The fourth-order valence-electron chi connectivity index (χ4n) is 2.78. The zero-order valence-electron chi connectivity index (χ0n) is 16.0. The van der Waals surface area contributed by atoms with Crippen LogP contribution < -0.4 is 14.8 Å². The number of methoxy groups -OCH3 is 1. The van der Waals surface area contributed by atoms with Crippen LogP contribution in [0.15, 0.2) is 48.5 Å². The number of rotatable bonds is 6. The van der Waals surface area contributed by atoms with Gasteiger partial charge in [-0.2, -0.15) is 0 Å². The Bertz CT molecular complexity index is 752. The van der Waals surface area contributed by atoms with Gasteiger partial charge in [0, 0.05) is 5.56 Å². The van der Waals surface area contributed by atoms with E-state index in [1.54, 1.807) is 37.4 Å². The summed E-state index contributed by atoms with van der Waals surface area (Å²) in [5, 5.41) is 30.9. The highest BCUT2D eigenvalue weighted by Gasteiger charge is 2.29. The average molecular weight is 389 g/mol. The number of aliphatic hydroxyl groups is 2. The van der Waals surface area contributed by atoms with Crippen LogP contribution in [0.4, 0.5) is 0 Å². The first-order valence-corrected chi connectivity index (χ1v) is 9.15. The van der Waals surface area contributed by atoms with Crippen molar-refractivity contribution < 1.29 is 29.6 Å². The lowest BCUT2D eigenvalue weighted by molar-refractivity contribution is -0.146. The van der Waals surface area contributed by atoms with Gasteiger partial charge in [-0.15, -0.1) is 0 Å². The number of carbonyl (C=O) groups is 1. The van der Waals surface area contributed by atoms with Crippen molar-refractivity contribution >= 4 is 5.97 Å². The molecule has 1 aliphatic rings. The quantitative estimate of drug-likeness (QED) is 0.600. The van der Waals surface area contributed by atoms with Gasteiger partial charge in [0.15, 0.2) is 6.10 Å². The fraction of sp³-hybridized carbons (Fsp3) is 0.381. The summed E-state index contributed by atoms with van der Waals surface area (Å²) in [7, 11) is 1.62. The Kier molecular flexibility index (Phi) is 8.25. The molecule has 0 saturated carbocycles. The number of carboxylic acids is 1. The second kappa shape index (κ2) is 10.7. The van der Waals surface area contributed by atoms with Gasteiger partial charge in [0.1, 0.15) is 24.2 Å². The summed E-state index contributed by atoms with van der Waals surface area (Å²) < 4.78 is 10.8. The number of aliphatic hydroxyl groups excluding tert-OH is 2. The maximum atomic E-state index is 10.3. The molecule has 0 spiro atoms. The highest BCUT2D eigenvalue weighted by atomic mass is 16.5. The Morgan fingerprint density at radius 3 is 2.61 bits per heavy atom. The van der Waals surface area contributed by atoms with E-state index in [2.05, 4.69) is 12.2 Å². The maximum absolute atomic E-state index is 10.3. The highest BCUT2D eigenvalue weighted by Crippen LogP contribution is 2.34. The Labute approximate surface area is 164 Å². The van der Waals surface area contributed by atoms with Crippen LogP contribution in [-0.2, 0) is 4.79 Å². The normalized spacial score (nSPS) is 18.7. The minimum Gasteiger partial charge on any atom is -0.497 e. The van der Waals surface area contributed by atoms with Gasteiger partial charge >= 0.3 is 5.97 Å². The van der Waals surface area contributed by atoms with Gasteiger partial charge in [-0.05, 0) is 36.7 Å². The van der Waals surface area contributed by atoms with Crippen LogP contribution in [0.5, 0.6) is 11.5 Å². The monoisotopic (exact) mass is 389 g/mol. The molecular weight excluding hydrogens is 362 g/mol. The van der Waals surface area contributed by atoms with E-state index in [4.69, 9.17) is 19.7 Å². The van der Waals surface area contributed by atoms with Crippen LogP contribution in [0.25, 0.3) is 0 Å². The molecular formula is C21H27NO6. The van der Waals surface area contributed by atoms with Gasteiger partial charge in [-0.1, -0.05) is 37.3 Å². The second-order valence-corrected chi connectivity index (χ2v) is 6.37. The first-order chi connectivity index (χ1) is 13.5. The molecule has 0 amide bonds. The molecule has 0 aromatic heterocycles. The molecule has 7 heteroatoms. The van der Waals surface area contributed by atoms with Crippen LogP contribution >= 0.6 is 0 Å². The van der Waals surface area contributed by atoms with Crippen molar-refractivity contribution in [2.45, 2.75) is 31.6 Å². The van der Waals surface area contributed by atoms with Crippen molar-refractivity contribution in [2.75, 3.05) is 20.3 Å². The van der Waals surface area contributed by atoms with E-state index in [0.717, 1.165) is 30.0 Å². The van der Waals surface area contributed by atoms with Crippen LogP contribution in [0.1, 0.15) is 36.7 Å². The molecule has 7 nitrogen and oxygen atoms in total. The standard InChI is InChI=1S/C13H19NO3.C8H8O3/c1-3-6-14-11-8-17-12-5-4-9(16-2)7-10(12)13(11)15;9-7(8(10)11)6-4-2-1-3-5-6/h4-5,7,11,13-15H,3,6,8H2,1-2H3;1-5,7,9H,(H,10,11)/t11-,13-;/m1./s1. The summed E-state index contributed by atoms with van der Waals surface area (Å²) in [6.45, 7) is 3.48. The van der Waals surface area contributed by atoms with Crippen molar-refractivity contribution in [1.82, 2.24) is 5.32 Å². The molecule has 3 atom stereocenters. The van der Waals surface area contributed by atoms with Crippen molar-refractivity contribution in [3.05, 3.63) is 59.7 Å². The average Bonchev–Trinajstić information content (AvgIpc) is 2.73. The van der Waals surface area contributed by atoms with Crippen molar-refractivity contribution in [3.8, 4) is 11.5 Å². The van der Waals surface area contributed by atoms with Gasteiger partial charge in [0.05, 0.1) is 13.2 Å².